The van der Waals surface area contributed by atoms with Crippen LogP contribution >= 0.6 is 0 Å². The highest BCUT2D eigenvalue weighted by atomic mass is 32.2. The van der Waals surface area contributed by atoms with E-state index in [0.717, 1.165) is 47.5 Å². The van der Waals surface area contributed by atoms with Crippen molar-refractivity contribution >= 4 is 55.2 Å². The van der Waals surface area contributed by atoms with E-state index < -0.39 is 48.6 Å². The molecule has 3 aromatic carbocycles. The van der Waals surface area contributed by atoms with Crippen LogP contribution in [0, 0.1) is 22.5 Å². The van der Waals surface area contributed by atoms with Crippen molar-refractivity contribution in [1.82, 2.24) is 19.8 Å². The second-order valence-electron chi connectivity index (χ2n) is 18.9. The van der Waals surface area contributed by atoms with Crippen molar-refractivity contribution in [3.8, 4) is 11.5 Å². The van der Waals surface area contributed by atoms with Crippen LogP contribution in [-0.4, -0.2) is 116 Å². The largest absolute Gasteiger partial charge is 0.455 e. The first kappa shape index (κ1) is 49.1. The summed E-state index contributed by atoms with van der Waals surface area (Å²) in [5.74, 6) is -1.42. The van der Waals surface area contributed by atoms with E-state index in [2.05, 4.69) is 38.9 Å². The summed E-state index contributed by atoms with van der Waals surface area (Å²) in [7, 11) is -4.41. The predicted octanol–water partition coefficient (Wildman–Crippen LogP) is 9.08. The Bertz CT molecular complexity index is 2910. The number of alkyl halides is 3. The van der Waals surface area contributed by atoms with E-state index >= 15 is 0 Å². The number of anilines is 2. The van der Waals surface area contributed by atoms with E-state index in [0.29, 0.717) is 75.8 Å². The van der Waals surface area contributed by atoms with Gasteiger partial charge in [-0.1, -0.05) is 25.5 Å². The molecule has 69 heavy (non-hydrogen) atoms. The second kappa shape index (κ2) is 20.0. The molecule has 0 radical (unpaired) electrons. The number of allylic oxidation sites excluding steroid dienone is 1. The number of nitro benzene ring substituents is 1. The Balaban J connectivity index is 0.984. The summed E-state index contributed by atoms with van der Waals surface area (Å²) in [6.07, 6.45) is 1.56. The number of aryl methyl sites for hydroxylation is 1. The second-order valence-corrected chi connectivity index (χ2v) is 20.9. The Labute approximate surface area is 398 Å². The maximum absolute atomic E-state index is 14.1. The lowest BCUT2D eigenvalue weighted by atomic mass is 9.72. The molecular formula is C50H56F3N7O8S. The van der Waals surface area contributed by atoms with Gasteiger partial charge in [-0.3, -0.25) is 24.6 Å². The number of carbonyl (C=O) groups excluding carboxylic acids is 2. The lowest BCUT2D eigenvalue weighted by Crippen LogP contribution is -2.47. The first-order valence-corrected chi connectivity index (χ1v) is 24.6. The molecule has 3 aliphatic rings. The van der Waals surface area contributed by atoms with Gasteiger partial charge in [0.15, 0.2) is 15.6 Å². The van der Waals surface area contributed by atoms with Crippen molar-refractivity contribution in [3.05, 3.63) is 117 Å². The Morgan fingerprint density at radius 3 is 2.54 bits per heavy atom. The van der Waals surface area contributed by atoms with E-state index in [1.54, 1.807) is 42.3 Å². The summed E-state index contributed by atoms with van der Waals surface area (Å²) in [5, 5.41) is 15.9. The molecule has 2 fully saturated rings. The Hall–Kier alpha value is -6.31. The molecule has 5 aromatic rings. The number of hydrogen-bond acceptors (Lipinski definition) is 12. The number of H-pyrrole nitrogens is 1. The highest BCUT2D eigenvalue weighted by Crippen LogP contribution is 2.45. The fraction of sp³-hybridized carbons (Fsp3) is 0.420. The Morgan fingerprint density at radius 2 is 1.81 bits per heavy atom. The number of carbonyl (C=O) groups is 2. The molecule has 15 nitrogen and oxygen atoms in total. The van der Waals surface area contributed by atoms with Gasteiger partial charge in [0.25, 0.3) is 5.69 Å². The first-order chi connectivity index (χ1) is 32.7. The summed E-state index contributed by atoms with van der Waals surface area (Å²) < 4.78 is 80.5. The minimum atomic E-state index is -4.42. The summed E-state index contributed by atoms with van der Waals surface area (Å²) in [4.78, 5) is 50.6. The minimum Gasteiger partial charge on any atom is -0.455 e. The van der Waals surface area contributed by atoms with Gasteiger partial charge in [0.2, 0.25) is 5.91 Å². The number of ether oxygens (including phenoxy) is 2. The van der Waals surface area contributed by atoms with Crippen molar-refractivity contribution < 1.29 is 45.6 Å². The number of morpholine rings is 1. The third-order valence-corrected chi connectivity index (χ3v) is 14.9. The number of halogens is 3. The number of nitrogens with one attached hydrogen (secondary N) is 2. The van der Waals surface area contributed by atoms with Crippen molar-refractivity contribution in [3.63, 3.8) is 0 Å². The zero-order valence-electron chi connectivity index (χ0n) is 39.0. The van der Waals surface area contributed by atoms with Crippen molar-refractivity contribution in [1.29, 1.82) is 0 Å². The average Bonchev–Trinajstić information content (AvgIpc) is 3.77. The van der Waals surface area contributed by atoms with Crippen LogP contribution in [0.2, 0.25) is 0 Å². The molecule has 0 saturated carbocycles. The number of fused-ring (bicyclic) bond motifs is 1. The molecule has 2 aliphatic heterocycles. The average molecular weight is 972 g/mol. The zero-order chi connectivity index (χ0) is 49.3. The first-order valence-electron chi connectivity index (χ1n) is 23.0. The molecule has 0 spiro atoms. The topological polar surface area (TPSA) is 180 Å². The summed E-state index contributed by atoms with van der Waals surface area (Å²) in [6, 6.07) is 16.0. The predicted molar refractivity (Wildman–Crippen MR) is 257 cm³/mol. The molecule has 366 valence electrons. The number of aromatic nitrogens is 2. The van der Waals surface area contributed by atoms with Gasteiger partial charge in [-0.15, -0.1) is 0 Å². The summed E-state index contributed by atoms with van der Waals surface area (Å²) in [5.41, 5.74) is 4.15. The van der Waals surface area contributed by atoms with Gasteiger partial charge in [0.1, 0.15) is 28.6 Å². The molecule has 1 unspecified atom stereocenters. The van der Waals surface area contributed by atoms with Crippen molar-refractivity contribution in [2.24, 2.45) is 5.41 Å². The van der Waals surface area contributed by atoms with E-state index in [4.69, 9.17) is 9.47 Å². The highest BCUT2D eigenvalue weighted by Gasteiger charge is 2.34. The summed E-state index contributed by atoms with van der Waals surface area (Å²) in [6.45, 7) is 12.4. The van der Waals surface area contributed by atoms with Gasteiger partial charge >= 0.3 is 6.18 Å². The molecule has 2 aromatic heterocycles. The molecule has 1 amide bonds. The molecule has 4 heterocycles. The van der Waals surface area contributed by atoms with E-state index in [1.165, 1.54) is 49.0 Å². The number of Topliss-reactive ketones (excluding diaryl/α,β-unsaturated/α-hetero) is 1. The van der Waals surface area contributed by atoms with Crippen LogP contribution in [-0.2, 0) is 25.5 Å². The number of benzene rings is 3. The van der Waals surface area contributed by atoms with E-state index in [9.17, 15) is 41.3 Å². The van der Waals surface area contributed by atoms with Crippen molar-refractivity contribution in [2.75, 3.05) is 74.9 Å². The number of piperazine rings is 1. The molecule has 2 saturated heterocycles. The maximum atomic E-state index is 14.1. The number of nitrogens with zero attached hydrogens (tertiary/aromatic N) is 5. The zero-order valence-corrected chi connectivity index (χ0v) is 39.8. The number of nitro groups is 1. The van der Waals surface area contributed by atoms with Gasteiger partial charge in [-0.2, -0.15) is 13.2 Å². The third-order valence-electron chi connectivity index (χ3n) is 13.3. The number of sulfone groups is 1. The third kappa shape index (κ3) is 11.6. The quantitative estimate of drug-likeness (QED) is 0.0578. The fourth-order valence-corrected chi connectivity index (χ4v) is 10.7. The van der Waals surface area contributed by atoms with Gasteiger partial charge < -0.3 is 29.6 Å². The van der Waals surface area contributed by atoms with Gasteiger partial charge in [0, 0.05) is 88.7 Å². The lowest BCUT2D eigenvalue weighted by Gasteiger charge is -2.39. The van der Waals surface area contributed by atoms with Gasteiger partial charge in [0.05, 0.1) is 39.9 Å². The molecule has 1 aliphatic carbocycles. The number of pyridine rings is 1. The van der Waals surface area contributed by atoms with Crippen LogP contribution in [0.3, 0.4) is 0 Å². The molecule has 2 N–H and O–H groups in total. The molecule has 19 heteroatoms. The maximum Gasteiger partial charge on any atom is 0.416 e. The normalized spacial score (nSPS) is 18.1. The molecule has 1 atom stereocenters. The smallest absolute Gasteiger partial charge is 0.416 e. The van der Waals surface area contributed by atoms with Crippen molar-refractivity contribution in [2.45, 2.75) is 70.6 Å². The van der Waals surface area contributed by atoms with Crippen LogP contribution in [0.15, 0.2) is 89.6 Å². The van der Waals surface area contributed by atoms with Gasteiger partial charge in [-0.05, 0) is 103 Å². The number of ketones is 1. The van der Waals surface area contributed by atoms with Gasteiger partial charge in [-0.25, -0.2) is 13.4 Å². The number of aromatic amines is 1. The van der Waals surface area contributed by atoms with Crippen LogP contribution in [0.5, 0.6) is 11.5 Å². The monoisotopic (exact) mass is 971 g/mol. The molecule has 8 rings (SSSR count). The molecule has 0 bridgehead atoms. The molecular weight excluding hydrogens is 916 g/mol. The highest BCUT2D eigenvalue weighted by molar-refractivity contribution is 7.92. The van der Waals surface area contributed by atoms with E-state index in [-0.39, 0.29) is 41.0 Å². The number of hydrogen-bond donors (Lipinski definition) is 2. The summed E-state index contributed by atoms with van der Waals surface area (Å²) >= 11 is 0. The lowest BCUT2D eigenvalue weighted by molar-refractivity contribution is -0.384. The SMILES string of the molecule is CC(=O)N1CCOC(CCNc2ccc(S(=O)(=O)CC(=O)c3ccc(N4CCN(CC5=C(c6ccc(C(F)(F)F)cc6C)CC(C)(C)CC5)CC4)cc3Oc3cnc4[nH]ccc4c3)cc2[N+](=O)[O-])C1. The minimum absolute atomic E-state index is 0.00516. The van der Waals surface area contributed by atoms with E-state index in [1.807, 2.05) is 6.07 Å². The number of amides is 1. The van der Waals surface area contributed by atoms with Crippen LogP contribution in [0.25, 0.3) is 16.6 Å². The number of rotatable bonds is 15. The van der Waals surface area contributed by atoms with Crippen LogP contribution in [0.4, 0.5) is 30.2 Å². The standard InChI is InChI=1S/C50H56F3N7O8S/c1-32-23-36(50(51,52)53)5-8-41(32)43-27-49(3,4)14-11-35(43)29-57-17-19-58(20-18-57)37-6-9-42(47(25-37)68-39-24-34-12-15-55-48(34)56-28-39)46(62)31-69(65,66)40-7-10-44(45(26-40)60(63)64)54-16-13-38-30-59(33(2)61)21-22-67-38/h5-10,12,15,23-26,28,38,54H,11,13-14,16-22,27,29-31H2,1-4H3,(H,55,56). The van der Waals surface area contributed by atoms with Crippen LogP contribution < -0.4 is 15.0 Å². The Kier molecular flexibility index (Phi) is 14.2. The Morgan fingerprint density at radius 1 is 1.03 bits per heavy atom. The fourth-order valence-electron chi connectivity index (χ4n) is 9.42. The van der Waals surface area contributed by atoms with Crippen LogP contribution in [0.1, 0.15) is 73.5 Å².